The molecule has 0 atom stereocenters. The van der Waals surface area contributed by atoms with Crippen molar-refractivity contribution in [2.45, 2.75) is 0 Å². The first-order chi connectivity index (χ1) is 32.2. The van der Waals surface area contributed by atoms with E-state index < -0.39 is 0 Å². The van der Waals surface area contributed by atoms with E-state index in [0.717, 1.165) is 22.4 Å². The first-order valence-corrected chi connectivity index (χ1v) is 22.5. The van der Waals surface area contributed by atoms with Crippen LogP contribution in [0.4, 0.5) is 0 Å². The van der Waals surface area contributed by atoms with Crippen molar-refractivity contribution in [3.05, 3.63) is 231 Å². The van der Waals surface area contributed by atoms with Gasteiger partial charge in [0.15, 0.2) is 0 Å². The van der Waals surface area contributed by atoms with E-state index in [1.165, 1.54) is 121 Å². The molecule has 14 rings (SSSR count). The van der Waals surface area contributed by atoms with Crippen LogP contribution in [0.25, 0.3) is 132 Å². The summed E-state index contributed by atoms with van der Waals surface area (Å²) < 4.78 is 6.60. The normalized spacial score (nSPS) is 12.1. The molecule has 0 radical (unpaired) electrons. The molecule has 0 aromatic heterocycles. The van der Waals surface area contributed by atoms with Gasteiger partial charge in [0.25, 0.3) is 0 Å². The summed E-state index contributed by atoms with van der Waals surface area (Å²) in [5.41, 5.74) is 19.9. The number of benzene rings is 12. The number of ether oxygens (including phenoxy) is 1. The van der Waals surface area contributed by atoms with Crippen LogP contribution in [0.1, 0.15) is 0 Å². The summed E-state index contributed by atoms with van der Waals surface area (Å²) in [7, 11) is 0. The summed E-state index contributed by atoms with van der Waals surface area (Å²) in [6, 6.07) is 84.6. The van der Waals surface area contributed by atoms with Crippen LogP contribution in [0.3, 0.4) is 0 Å². The maximum atomic E-state index is 6.60. The maximum absolute atomic E-state index is 6.60. The second-order valence-electron chi connectivity index (χ2n) is 17.5. The molecule has 0 N–H and O–H groups in total. The minimum atomic E-state index is 0.894. The lowest BCUT2D eigenvalue weighted by atomic mass is 9.82. The Hall–Kier alpha value is -8.52. The topological polar surface area (TPSA) is 9.23 Å². The quantitative estimate of drug-likeness (QED) is 0.168. The minimum Gasteiger partial charge on any atom is -0.456 e. The maximum Gasteiger partial charge on any atom is 0.135 e. The van der Waals surface area contributed by atoms with Gasteiger partial charge in [-0.05, 0) is 145 Å². The summed E-state index contributed by atoms with van der Waals surface area (Å²) in [4.78, 5) is 0. The third kappa shape index (κ3) is 5.40. The standard InChI is InChI=1S/C64H38O/c1-3-13-39(14-4-1)44-32-35-57-56(38-44)53-24-12-23-50-49(34-36-58(65-57)62(50)53)46-31-33-48-45(37-46)19-11-22-47(48)40-27-29-43(30-28-40)61-52-21-8-7-20-51(52)60(42-15-5-2-6-16-42)63-54-25-9-17-41-18-10-26-55(59(41)54)64(61)63/h1-38H. The number of rotatable bonds is 5. The van der Waals surface area contributed by atoms with Crippen molar-refractivity contribution in [3.8, 4) is 101 Å². The van der Waals surface area contributed by atoms with Gasteiger partial charge in [-0.15, -0.1) is 0 Å². The fraction of sp³-hybridized carbons (Fsp3) is 0. The Bertz CT molecular complexity index is 3930. The zero-order chi connectivity index (χ0) is 42.6. The molecule has 300 valence electrons. The molecule has 0 amide bonds. The minimum absolute atomic E-state index is 0.894. The first kappa shape index (κ1) is 36.0. The van der Waals surface area contributed by atoms with E-state index in [1.807, 2.05) is 0 Å². The molecule has 0 unspecified atom stereocenters. The molecule has 1 heterocycles. The van der Waals surface area contributed by atoms with Gasteiger partial charge in [0, 0.05) is 10.9 Å². The molecule has 1 heteroatoms. The van der Waals surface area contributed by atoms with Crippen molar-refractivity contribution < 1.29 is 4.74 Å². The van der Waals surface area contributed by atoms with E-state index in [0.29, 0.717) is 0 Å². The summed E-state index contributed by atoms with van der Waals surface area (Å²) >= 11 is 0. The van der Waals surface area contributed by atoms with Gasteiger partial charge < -0.3 is 4.74 Å². The molecular formula is C64H38O. The van der Waals surface area contributed by atoms with Crippen molar-refractivity contribution in [2.24, 2.45) is 0 Å². The number of fused-ring (bicyclic) bond motifs is 7. The molecule has 1 aliphatic heterocycles. The first-order valence-electron chi connectivity index (χ1n) is 22.5. The molecule has 2 aliphatic rings. The van der Waals surface area contributed by atoms with Crippen LogP contribution in [0.15, 0.2) is 231 Å². The van der Waals surface area contributed by atoms with Crippen LogP contribution in [-0.4, -0.2) is 0 Å². The summed E-state index contributed by atoms with van der Waals surface area (Å²) in [6.07, 6.45) is 0. The summed E-state index contributed by atoms with van der Waals surface area (Å²) in [6.45, 7) is 0. The van der Waals surface area contributed by atoms with Gasteiger partial charge in [-0.2, -0.15) is 0 Å². The largest absolute Gasteiger partial charge is 0.456 e. The van der Waals surface area contributed by atoms with E-state index in [2.05, 4.69) is 231 Å². The number of hydrogen-bond donors (Lipinski definition) is 0. The van der Waals surface area contributed by atoms with Crippen molar-refractivity contribution in [1.82, 2.24) is 0 Å². The fourth-order valence-electron chi connectivity index (χ4n) is 11.2. The molecule has 1 aliphatic carbocycles. The van der Waals surface area contributed by atoms with Crippen molar-refractivity contribution in [2.75, 3.05) is 0 Å². The highest BCUT2D eigenvalue weighted by molar-refractivity contribution is 6.27. The summed E-state index contributed by atoms with van der Waals surface area (Å²) in [5.74, 6) is 1.79. The average Bonchev–Trinajstić information content (AvgIpc) is 3.70. The Kier molecular flexibility index (Phi) is 7.75. The van der Waals surface area contributed by atoms with E-state index >= 15 is 0 Å². The molecule has 0 saturated carbocycles. The molecule has 0 spiro atoms. The molecule has 12 aromatic rings. The monoisotopic (exact) mass is 822 g/mol. The Morgan fingerprint density at radius 2 is 0.738 bits per heavy atom. The van der Waals surface area contributed by atoms with Gasteiger partial charge in [-0.1, -0.05) is 206 Å². The zero-order valence-electron chi connectivity index (χ0n) is 35.3. The molecule has 65 heavy (non-hydrogen) atoms. The lowest BCUT2D eigenvalue weighted by Crippen LogP contribution is -1.98. The van der Waals surface area contributed by atoms with E-state index in [1.54, 1.807) is 0 Å². The molecule has 12 aromatic carbocycles. The Balaban J connectivity index is 0.877. The highest BCUT2D eigenvalue weighted by atomic mass is 16.5. The van der Waals surface area contributed by atoms with Crippen molar-refractivity contribution >= 4 is 43.1 Å². The van der Waals surface area contributed by atoms with E-state index in [-0.39, 0.29) is 0 Å². The Morgan fingerprint density at radius 3 is 1.46 bits per heavy atom. The lowest BCUT2D eigenvalue weighted by Gasteiger charge is -2.23. The molecule has 1 nitrogen and oxygen atoms in total. The van der Waals surface area contributed by atoms with Crippen LogP contribution >= 0.6 is 0 Å². The van der Waals surface area contributed by atoms with Crippen molar-refractivity contribution in [1.29, 1.82) is 0 Å². The van der Waals surface area contributed by atoms with Gasteiger partial charge in [0.05, 0.1) is 0 Å². The predicted molar refractivity (Wildman–Crippen MR) is 274 cm³/mol. The third-order valence-corrected chi connectivity index (χ3v) is 14.0. The summed E-state index contributed by atoms with van der Waals surface area (Å²) in [5, 5.41) is 9.96. The van der Waals surface area contributed by atoms with Gasteiger partial charge in [-0.3, -0.25) is 0 Å². The van der Waals surface area contributed by atoms with Crippen molar-refractivity contribution in [3.63, 3.8) is 0 Å². The van der Waals surface area contributed by atoms with E-state index in [4.69, 9.17) is 4.74 Å². The van der Waals surface area contributed by atoms with Crippen LogP contribution in [0.2, 0.25) is 0 Å². The Labute approximate surface area is 377 Å². The molecular weight excluding hydrogens is 785 g/mol. The SMILES string of the molecule is c1ccc(-c2ccc3c(c2)-c2cccc4c(-c5ccc6c(-c7ccc(-c8c9c(c(-c%10ccccc%10)c%10ccccc8%10)-c8cccc%10cccc-9c8%10)cc7)cccc6c5)ccc(c24)O3)cc1. The van der Waals surface area contributed by atoms with Gasteiger partial charge in [-0.25, -0.2) is 0 Å². The van der Waals surface area contributed by atoms with Gasteiger partial charge in [0.2, 0.25) is 0 Å². The Morgan fingerprint density at radius 1 is 0.215 bits per heavy atom. The molecule has 0 bridgehead atoms. The van der Waals surface area contributed by atoms with Gasteiger partial charge in [0.1, 0.15) is 11.5 Å². The highest BCUT2D eigenvalue weighted by Gasteiger charge is 2.30. The number of hydrogen-bond acceptors (Lipinski definition) is 1. The van der Waals surface area contributed by atoms with Crippen LogP contribution in [0.5, 0.6) is 11.5 Å². The second-order valence-corrected chi connectivity index (χ2v) is 17.5. The predicted octanol–water partition coefficient (Wildman–Crippen LogP) is 18.1. The van der Waals surface area contributed by atoms with E-state index in [9.17, 15) is 0 Å². The average molecular weight is 823 g/mol. The lowest BCUT2D eigenvalue weighted by molar-refractivity contribution is 0.487. The zero-order valence-corrected chi connectivity index (χ0v) is 35.3. The van der Waals surface area contributed by atoms with Crippen LogP contribution in [0, 0.1) is 0 Å². The van der Waals surface area contributed by atoms with Crippen LogP contribution in [-0.2, 0) is 0 Å². The molecule has 0 fully saturated rings. The van der Waals surface area contributed by atoms with Gasteiger partial charge >= 0.3 is 0 Å². The fourth-order valence-corrected chi connectivity index (χ4v) is 11.2. The third-order valence-electron chi connectivity index (χ3n) is 14.0. The molecule has 0 saturated heterocycles. The highest BCUT2D eigenvalue weighted by Crippen LogP contribution is 2.58. The second kappa shape index (κ2) is 14.0. The van der Waals surface area contributed by atoms with Crippen LogP contribution < -0.4 is 4.74 Å². The smallest absolute Gasteiger partial charge is 0.135 e.